The van der Waals surface area contributed by atoms with E-state index in [1.807, 2.05) is 32.0 Å². The minimum absolute atomic E-state index is 0.230. The Morgan fingerprint density at radius 2 is 2.07 bits per heavy atom. The maximum atomic E-state index is 12.8. The molecule has 1 aliphatic heterocycles. The van der Waals surface area contributed by atoms with Crippen molar-refractivity contribution in [2.24, 2.45) is 10.1 Å². The Balaban J connectivity index is 1.45. The first-order chi connectivity index (χ1) is 14.4. The predicted molar refractivity (Wildman–Crippen MR) is 115 cm³/mol. The van der Waals surface area contributed by atoms with Crippen molar-refractivity contribution in [1.82, 2.24) is 25.3 Å². The van der Waals surface area contributed by atoms with E-state index in [0.717, 1.165) is 5.69 Å². The van der Waals surface area contributed by atoms with E-state index >= 15 is 0 Å². The largest absolute Gasteiger partial charge is 0.490 e. The second kappa shape index (κ2) is 8.03. The fourth-order valence-electron chi connectivity index (χ4n) is 2.84. The maximum Gasteiger partial charge on any atom is 0.252 e. The van der Waals surface area contributed by atoms with Crippen LogP contribution in [0.1, 0.15) is 29.8 Å². The molecule has 1 aliphatic rings. The SMILES string of the molecule is CC(C)(COc1cccc2c1C(N)=NSN2)NC(=O)c1ccnc(-n2nccn2)c1. The molecule has 11 heteroatoms. The van der Waals surface area contributed by atoms with Gasteiger partial charge in [-0.15, -0.1) is 4.80 Å². The highest BCUT2D eigenvalue weighted by molar-refractivity contribution is 7.99. The molecule has 0 radical (unpaired) electrons. The molecule has 3 heterocycles. The highest BCUT2D eigenvalue weighted by Crippen LogP contribution is 2.32. The van der Waals surface area contributed by atoms with Gasteiger partial charge >= 0.3 is 0 Å². The Morgan fingerprint density at radius 1 is 1.27 bits per heavy atom. The Hall–Kier alpha value is -3.60. The van der Waals surface area contributed by atoms with Gasteiger partial charge in [0.15, 0.2) is 5.82 Å². The lowest BCUT2D eigenvalue weighted by molar-refractivity contribution is 0.0880. The Labute approximate surface area is 177 Å². The molecule has 30 heavy (non-hydrogen) atoms. The van der Waals surface area contributed by atoms with Crippen molar-refractivity contribution < 1.29 is 9.53 Å². The first-order valence-corrected chi connectivity index (χ1v) is 9.87. The molecule has 0 spiro atoms. The van der Waals surface area contributed by atoms with Gasteiger partial charge in [-0.25, -0.2) is 4.98 Å². The number of amidine groups is 1. The summed E-state index contributed by atoms with van der Waals surface area (Å²) in [5.74, 6) is 1.19. The summed E-state index contributed by atoms with van der Waals surface area (Å²) < 4.78 is 13.2. The van der Waals surface area contributed by atoms with Gasteiger partial charge in [0.05, 0.1) is 41.3 Å². The Kier molecular flexibility index (Phi) is 5.27. The average Bonchev–Trinajstić information content (AvgIpc) is 3.27. The highest BCUT2D eigenvalue weighted by atomic mass is 32.2. The monoisotopic (exact) mass is 424 g/mol. The van der Waals surface area contributed by atoms with Crippen LogP contribution < -0.4 is 20.5 Å². The van der Waals surface area contributed by atoms with Crippen molar-refractivity contribution in [2.45, 2.75) is 19.4 Å². The molecule has 10 nitrogen and oxygen atoms in total. The summed E-state index contributed by atoms with van der Waals surface area (Å²) in [5.41, 5.74) is 7.35. The summed E-state index contributed by atoms with van der Waals surface area (Å²) >= 11 is 1.17. The fourth-order valence-corrected chi connectivity index (χ4v) is 3.35. The standard InChI is InChI=1S/C19H20N8O2S/c1-19(2,11-29-14-5-3-4-13-16(14)17(20)26-30-25-13)24-18(28)12-6-7-21-15(10-12)27-22-8-9-23-27/h3-10,25H,11H2,1-2H3,(H2,20,26)(H,24,28). The number of anilines is 1. The summed E-state index contributed by atoms with van der Waals surface area (Å²) in [6, 6.07) is 8.85. The van der Waals surface area contributed by atoms with Crippen LogP contribution >= 0.6 is 12.1 Å². The van der Waals surface area contributed by atoms with E-state index in [1.165, 1.54) is 16.9 Å². The average molecular weight is 424 g/mol. The van der Waals surface area contributed by atoms with E-state index in [2.05, 4.69) is 29.6 Å². The van der Waals surface area contributed by atoms with Crippen LogP contribution in [0.15, 0.2) is 53.3 Å². The van der Waals surface area contributed by atoms with Gasteiger partial charge in [-0.05, 0) is 38.1 Å². The van der Waals surface area contributed by atoms with Crippen LogP contribution in [0.5, 0.6) is 5.75 Å². The molecular formula is C19H20N8O2S. The molecule has 0 saturated carbocycles. The number of nitrogens with zero attached hydrogens (tertiary/aromatic N) is 5. The smallest absolute Gasteiger partial charge is 0.252 e. The van der Waals surface area contributed by atoms with Crippen LogP contribution in [-0.2, 0) is 0 Å². The second-order valence-electron chi connectivity index (χ2n) is 7.20. The third-order valence-corrected chi connectivity index (χ3v) is 4.85. The summed E-state index contributed by atoms with van der Waals surface area (Å²) in [7, 11) is 0. The molecule has 0 atom stereocenters. The molecule has 1 amide bonds. The molecule has 154 valence electrons. The van der Waals surface area contributed by atoms with E-state index in [1.54, 1.807) is 30.7 Å². The third-order valence-electron chi connectivity index (χ3n) is 4.25. The number of carbonyl (C=O) groups is 1. The Morgan fingerprint density at radius 3 is 2.87 bits per heavy atom. The first-order valence-electron chi connectivity index (χ1n) is 9.10. The number of rotatable bonds is 6. The lowest BCUT2D eigenvalue weighted by atomic mass is 10.1. The van der Waals surface area contributed by atoms with Gasteiger partial charge in [0.1, 0.15) is 18.2 Å². The number of hydrogen-bond donors (Lipinski definition) is 3. The van der Waals surface area contributed by atoms with Crippen molar-refractivity contribution in [1.29, 1.82) is 0 Å². The lowest BCUT2D eigenvalue weighted by Crippen LogP contribution is -2.48. The quantitative estimate of drug-likeness (QED) is 0.512. The number of fused-ring (bicyclic) bond motifs is 1. The first kappa shape index (κ1) is 19.7. The van der Waals surface area contributed by atoms with Crippen LogP contribution in [0, 0.1) is 0 Å². The molecule has 1 aromatic carbocycles. The van der Waals surface area contributed by atoms with Crippen LogP contribution in [-0.4, -0.2) is 43.9 Å². The van der Waals surface area contributed by atoms with Crippen LogP contribution in [0.4, 0.5) is 5.69 Å². The van der Waals surface area contributed by atoms with Gasteiger partial charge < -0.3 is 20.5 Å². The lowest BCUT2D eigenvalue weighted by Gasteiger charge is -2.27. The summed E-state index contributed by atoms with van der Waals surface area (Å²) in [6.07, 6.45) is 4.63. The number of nitrogens with two attached hydrogens (primary N) is 1. The van der Waals surface area contributed by atoms with Gasteiger partial charge in [-0.3, -0.25) is 4.79 Å². The van der Waals surface area contributed by atoms with E-state index in [0.29, 0.717) is 28.5 Å². The van der Waals surface area contributed by atoms with Crippen LogP contribution in [0.3, 0.4) is 0 Å². The van der Waals surface area contributed by atoms with Crippen molar-refractivity contribution in [3.05, 3.63) is 60.0 Å². The molecule has 0 saturated heterocycles. The summed E-state index contributed by atoms with van der Waals surface area (Å²) in [4.78, 5) is 18.3. The van der Waals surface area contributed by atoms with Crippen molar-refractivity contribution in [3.8, 4) is 11.6 Å². The molecule has 0 bridgehead atoms. The zero-order valence-electron chi connectivity index (χ0n) is 16.4. The minimum Gasteiger partial charge on any atom is -0.490 e. The van der Waals surface area contributed by atoms with Crippen LogP contribution in [0.2, 0.25) is 0 Å². The minimum atomic E-state index is -0.657. The van der Waals surface area contributed by atoms with E-state index in [9.17, 15) is 4.79 Å². The summed E-state index contributed by atoms with van der Waals surface area (Å²) in [5, 5.41) is 11.0. The van der Waals surface area contributed by atoms with Crippen LogP contribution in [0.25, 0.3) is 5.82 Å². The Bertz CT molecular complexity index is 1100. The molecule has 2 aromatic heterocycles. The predicted octanol–water partition coefficient (Wildman–Crippen LogP) is 1.94. The highest BCUT2D eigenvalue weighted by Gasteiger charge is 2.25. The molecule has 3 aromatic rings. The van der Waals surface area contributed by atoms with E-state index in [-0.39, 0.29) is 12.5 Å². The van der Waals surface area contributed by atoms with Gasteiger partial charge in [0.2, 0.25) is 0 Å². The number of aromatic nitrogens is 4. The molecule has 4 rings (SSSR count). The maximum absolute atomic E-state index is 12.8. The van der Waals surface area contributed by atoms with Crippen molar-refractivity contribution >= 4 is 29.6 Å². The molecule has 4 N–H and O–H groups in total. The van der Waals surface area contributed by atoms with Gasteiger partial charge in [-0.2, -0.15) is 14.6 Å². The second-order valence-corrected chi connectivity index (χ2v) is 7.77. The molecular weight excluding hydrogens is 404 g/mol. The molecule has 0 unspecified atom stereocenters. The third kappa shape index (κ3) is 4.20. The van der Waals surface area contributed by atoms with Crippen molar-refractivity contribution in [2.75, 3.05) is 11.3 Å². The number of amides is 1. The zero-order chi connectivity index (χ0) is 21.1. The van der Waals surface area contributed by atoms with Crippen molar-refractivity contribution in [3.63, 3.8) is 0 Å². The zero-order valence-corrected chi connectivity index (χ0v) is 17.2. The van der Waals surface area contributed by atoms with Gasteiger partial charge in [0.25, 0.3) is 5.91 Å². The van der Waals surface area contributed by atoms with E-state index in [4.69, 9.17) is 10.5 Å². The normalized spacial score (nSPS) is 13.1. The molecule has 0 fully saturated rings. The number of pyridine rings is 1. The van der Waals surface area contributed by atoms with Gasteiger partial charge in [0, 0.05) is 11.8 Å². The number of nitrogens with one attached hydrogen (secondary N) is 2. The van der Waals surface area contributed by atoms with E-state index < -0.39 is 5.54 Å². The summed E-state index contributed by atoms with van der Waals surface area (Å²) in [6.45, 7) is 3.99. The topological polar surface area (TPSA) is 132 Å². The number of hydrogen-bond acceptors (Lipinski definition) is 9. The molecule has 0 aliphatic carbocycles. The number of carbonyl (C=O) groups excluding carboxylic acids is 1. The number of ether oxygens (including phenoxy) is 1. The fraction of sp³-hybridized carbons (Fsp3) is 0.211. The van der Waals surface area contributed by atoms with Gasteiger partial charge in [-0.1, -0.05) is 6.07 Å². The number of benzene rings is 1.